The maximum Gasteiger partial charge on any atom is 0.423 e. The Bertz CT molecular complexity index is 971. The number of methoxy groups -OCH3 is 1. The van der Waals surface area contributed by atoms with Crippen LogP contribution in [0.1, 0.15) is 11.6 Å². The van der Waals surface area contributed by atoms with Crippen LogP contribution in [0.2, 0.25) is 0 Å². The summed E-state index contributed by atoms with van der Waals surface area (Å²) in [6, 6.07) is 14.1. The molecule has 3 rings (SSSR count). The van der Waals surface area contributed by atoms with Crippen LogP contribution < -0.4 is 11.4 Å². The SMILES string of the molecule is COC(=O)C(c1ccccc1)n1c(=O)oc(=O)c2ccccc21. The van der Waals surface area contributed by atoms with Crippen molar-refractivity contribution in [2.24, 2.45) is 0 Å². The van der Waals surface area contributed by atoms with Crippen molar-refractivity contribution in [1.82, 2.24) is 4.57 Å². The topological polar surface area (TPSA) is 78.5 Å². The van der Waals surface area contributed by atoms with Crippen LogP contribution in [-0.2, 0) is 9.53 Å². The summed E-state index contributed by atoms with van der Waals surface area (Å²) in [5.41, 5.74) is 0.131. The fraction of sp³-hybridized carbons (Fsp3) is 0.118. The molecule has 6 nitrogen and oxygen atoms in total. The summed E-state index contributed by atoms with van der Waals surface area (Å²) in [5, 5.41) is 0.219. The van der Waals surface area contributed by atoms with Gasteiger partial charge in [0.05, 0.1) is 18.0 Å². The van der Waals surface area contributed by atoms with Crippen molar-refractivity contribution in [3.8, 4) is 0 Å². The number of benzene rings is 2. The molecule has 0 saturated carbocycles. The van der Waals surface area contributed by atoms with Crippen LogP contribution in [0.25, 0.3) is 10.9 Å². The van der Waals surface area contributed by atoms with E-state index in [1.807, 2.05) is 0 Å². The Hall–Kier alpha value is -3.15. The first-order valence-electron chi connectivity index (χ1n) is 6.90. The van der Waals surface area contributed by atoms with Gasteiger partial charge in [-0.25, -0.2) is 14.4 Å². The summed E-state index contributed by atoms with van der Waals surface area (Å²) in [6.07, 6.45) is 0. The van der Waals surface area contributed by atoms with Gasteiger partial charge in [0.1, 0.15) is 0 Å². The molecule has 0 spiro atoms. The van der Waals surface area contributed by atoms with Crippen LogP contribution in [0.4, 0.5) is 0 Å². The first kappa shape index (κ1) is 14.8. The van der Waals surface area contributed by atoms with Crippen molar-refractivity contribution in [2.45, 2.75) is 6.04 Å². The zero-order valence-corrected chi connectivity index (χ0v) is 12.3. The van der Waals surface area contributed by atoms with Crippen molar-refractivity contribution < 1.29 is 13.9 Å². The second kappa shape index (κ2) is 5.92. The molecule has 1 unspecified atom stereocenters. The van der Waals surface area contributed by atoms with Crippen LogP contribution in [-0.4, -0.2) is 17.6 Å². The van der Waals surface area contributed by atoms with Crippen molar-refractivity contribution in [3.63, 3.8) is 0 Å². The molecule has 0 saturated heterocycles. The Morgan fingerprint density at radius 2 is 1.70 bits per heavy atom. The highest BCUT2D eigenvalue weighted by Crippen LogP contribution is 2.22. The molecule has 0 bridgehead atoms. The van der Waals surface area contributed by atoms with Gasteiger partial charge in [-0.05, 0) is 17.7 Å². The molecule has 0 amide bonds. The van der Waals surface area contributed by atoms with E-state index in [4.69, 9.17) is 9.15 Å². The molecule has 0 fully saturated rings. The van der Waals surface area contributed by atoms with E-state index in [1.165, 1.54) is 13.2 Å². The fourth-order valence-electron chi connectivity index (χ4n) is 2.52. The average molecular weight is 311 g/mol. The molecule has 2 aromatic carbocycles. The second-order valence-corrected chi connectivity index (χ2v) is 4.88. The van der Waals surface area contributed by atoms with Crippen molar-refractivity contribution >= 4 is 16.9 Å². The fourth-order valence-corrected chi connectivity index (χ4v) is 2.52. The third-order valence-electron chi connectivity index (χ3n) is 3.56. The molecular formula is C17H13NO5. The zero-order valence-electron chi connectivity index (χ0n) is 12.3. The number of carbonyl (C=O) groups excluding carboxylic acids is 1. The smallest absolute Gasteiger partial charge is 0.423 e. The summed E-state index contributed by atoms with van der Waals surface area (Å²) in [7, 11) is 1.24. The third kappa shape index (κ3) is 2.55. The minimum Gasteiger partial charge on any atom is -0.467 e. The van der Waals surface area contributed by atoms with Crippen LogP contribution in [0, 0.1) is 0 Å². The lowest BCUT2D eigenvalue weighted by molar-refractivity contribution is -0.143. The number of hydrogen-bond acceptors (Lipinski definition) is 5. The molecule has 6 heteroatoms. The van der Waals surface area contributed by atoms with Gasteiger partial charge >= 0.3 is 17.4 Å². The third-order valence-corrected chi connectivity index (χ3v) is 3.56. The van der Waals surface area contributed by atoms with Crippen LogP contribution in [0.15, 0.2) is 68.6 Å². The Kier molecular flexibility index (Phi) is 3.80. The first-order valence-corrected chi connectivity index (χ1v) is 6.90. The molecule has 0 radical (unpaired) electrons. The van der Waals surface area contributed by atoms with E-state index in [0.717, 1.165) is 4.57 Å². The molecular weight excluding hydrogens is 298 g/mol. The number of rotatable bonds is 3. The lowest BCUT2D eigenvalue weighted by atomic mass is 10.1. The van der Waals surface area contributed by atoms with Gasteiger partial charge in [0, 0.05) is 0 Å². The van der Waals surface area contributed by atoms with E-state index in [1.54, 1.807) is 48.5 Å². The highest BCUT2D eigenvalue weighted by atomic mass is 16.5. The summed E-state index contributed by atoms with van der Waals surface area (Å²) in [6.45, 7) is 0. The predicted octanol–water partition coefficient (Wildman–Crippen LogP) is 1.72. The summed E-state index contributed by atoms with van der Waals surface area (Å²) < 4.78 is 10.7. The Labute approximate surface area is 130 Å². The molecule has 23 heavy (non-hydrogen) atoms. The summed E-state index contributed by atoms with van der Waals surface area (Å²) >= 11 is 0. The van der Waals surface area contributed by atoms with Gasteiger partial charge in [-0.1, -0.05) is 42.5 Å². The Morgan fingerprint density at radius 3 is 2.39 bits per heavy atom. The lowest BCUT2D eigenvalue weighted by Gasteiger charge is -2.18. The van der Waals surface area contributed by atoms with E-state index in [0.29, 0.717) is 11.1 Å². The van der Waals surface area contributed by atoms with Gasteiger partial charge in [0.2, 0.25) is 0 Å². The predicted molar refractivity (Wildman–Crippen MR) is 83.3 cm³/mol. The lowest BCUT2D eigenvalue weighted by Crippen LogP contribution is -2.33. The molecule has 0 aliphatic rings. The van der Waals surface area contributed by atoms with Gasteiger partial charge in [0.25, 0.3) is 0 Å². The standard InChI is InChI=1S/C17H13NO5/c1-22-16(20)14(11-7-3-2-4-8-11)18-13-10-6-5-9-12(13)15(19)23-17(18)21/h2-10,14H,1H3. The molecule has 1 atom stereocenters. The number of carbonyl (C=O) groups is 1. The van der Waals surface area contributed by atoms with E-state index >= 15 is 0 Å². The number of fused-ring (bicyclic) bond motifs is 1. The number of esters is 1. The molecule has 116 valence electrons. The van der Waals surface area contributed by atoms with E-state index in [-0.39, 0.29) is 5.39 Å². The summed E-state index contributed by atoms with van der Waals surface area (Å²) in [4.78, 5) is 36.4. The van der Waals surface area contributed by atoms with Gasteiger partial charge in [-0.3, -0.25) is 4.57 Å². The number of nitrogens with zero attached hydrogens (tertiary/aromatic N) is 1. The van der Waals surface area contributed by atoms with Crippen LogP contribution >= 0.6 is 0 Å². The monoisotopic (exact) mass is 311 g/mol. The first-order chi connectivity index (χ1) is 11.1. The molecule has 1 aromatic heterocycles. The Balaban J connectivity index is 2.38. The largest absolute Gasteiger partial charge is 0.467 e. The highest BCUT2D eigenvalue weighted by Gasteiger charge is 2.27. The van der Waals surface area contributed by atoms with Gasteiger partial charge in [-0.15, -0.1) is 0 Å². The van der Waals surface area contributed by atoms with Crippen molar-refractivity contribution in [2.75, 3.05) is 7.11 Å². The van der Waals surface area contributed by atoms with Crippen molar-refractivity contribution in [1.29, 1.82) is 0 Å². The molecule has 0 aliphatic heterocycles. The molecule has 1 heterocycles. The van der Waals surface area contributed by atoms with Gasteiger partial charge in [0.15, 0.2) is 6.04 Å². The number of ether oxygens (including phenoxy) is 1. The van der Waals surface area contributed by atoms with Crippen LogP contribution in [0.5, 0.6) is 0 Å². The molecule has 0 aliphatic carbocycles. The molecule has 3 aromatic rings. The number of para-hydroxylation sites is 1. The molecule has 0 N–H and O–H groups in total. The summed E-state index contributed by atoms with van der Waals surface area (Å²) in [5.74, 6) is -1.54. The quantitative estimate of drug-likeness (QED) is 0.688. The zero-order chi connectivity index (χ0) is 16.4. The second-order valence-electron chi connectivity index (χ2n) is 4.88. The maximum atomic E-state index is 12.3. The Morgan fingerprint density at radius 1 is 1.04 bits per heavy atom. The average Bonchev–Trinajstić information content (AvgIpc) is 2.58. The van der Waals surface area contributed by atoms with E-state index in [2.05, 4.69) is 0 Å². The van der Waals surface area contributed by atoms with Crippen LogP contribution in [0.3, 0.4) is 0 Å². The highest BCUT2D eigenvalue weighted by molar-refractivity contribution is 5.83. The van der Waals surface area contributed by atoms with Crippen molar-refractivity contribution in [3.05, 3.63) is 81.1 Å². The van der Waals surface area contributed by atoms with Gasteiger partial charge in [-0.2, -0.15) is 0 Å². The minimum absolute atomic E-state index is 0.219. The van der Waals surface area contributed by atoms with E-state index in [9.17, 15) is 14.4 Å². The maximum absolute atomic E-state index is 12.3. The normalized spacial score (nSPS) is 12.0. The number of hydrogen-bond donors (Lipinski definition) is 0. The van der Waals surface area contributed by atoms with E-state index < -0.39 is 23.4 Å². The minimum atomic E-state index is -1.04. The van der Waals surface area contributed by atoms with Gasteiger partial charge < -0.3 is 9.15 Å². The number of aromatic nitrogens is 1.